The van der Waals surface area contributed by atoms with Crippen LogP contribution >= 0.6 is 0 Å². The number of hydrogen-bond acceptors (Lipinski definition) is 1. The molecule has 0 aliphatic carbocycles. The van der Waals surface area contributed by atoms with Crippen molar-refractivity contribution in [2.75, 3.05) is 0 Å². The molecule has 0 atom stereocenters. The third-order valence-corrected chi connectivity index (χ3v) is 7.97. The molecule has 0 radical (unpaired) electrons. The first-order valence-electron chi connectivity index (χ1n) is 7.88. The van der Waals surface area contributed by atoms with Crippen LogP contribution in [0.1, 0.15) is 30.9 Å². The maximum Gasteiger partial charge on any atom is 0.112 e. The van der Waals surface area contributed by atoms with E-state index < -0.39 is 8.07 Å². The summed E-state index contributed by atoms with van der Waals surface area (Å²) in [6.45, 7) is 7.09. The predicted molar refractivity (Wildman–Crippen MR) is 94.2 cm³/mol. The van der Waals surface area contributed by atoms with Crippen LogP contribution < -0.4 is 10.4 Å². The zero-order valence-electron chi connectivity index (χ0n) is 13.4. The van der Waals surface area contributed by atoms with Gasteiger partial charge in [0.25, 0.3) is 0 Å². The van der Waals surface area contributed by atoms with Crippen molar-refractivity contribution in [1.82, 2.24) is 0 Å². The summed E-state index contributed by atoms with van der Waals surface area (Å²) >= 11 is 0. The Balaban J connectivity index is 2.30. The van der Waals surface area contributed by atoms with E-state index in [1.807, 2.05) is 12.1 Å². The molecule has 2 heteroatoms. The lowest BCUT2D eigenvalue weighted by Gasteiger charge is -2.26. The highest BCUT2D eigenvalue weighted by atomic mass is 28.3. The van der Waals surface area contributed by atoms with Crippen LogP contribution in [0.15, 0.2) is 48.5 Å². The maximum atomic E-state index is 9.59. The lowest BCUT2D eigenvalue weighted by Crippen LogP contribution is -2.54. The molecule has 1 N–H and O–H groups in total. The Morgan fingerprint density at radius 3 is 2.24 bits per heavy atom. The SMILES string of the molecule is CCCCc1ccc([Si](C)(C)c2ccccc2CO)cc1. The van der Waals surface area contributed by atoms with Crippen molar-refractivity contribution in [1.29, 1.82) is 0 Å². The van der Waals surface area contributed by atoms with Crippen molar-refractivity contribution in [2.24, 2.45) is 0 Å². The summed E-state index contributed by atoms with van der Waals surface area (Å²) in [5.41, 5.74) is 2.50. The number of aliphatic hydroxyl groups is 1. The second-order valence-electron chi connectivity index (χ2n) is 6.24. The van der Waals surface area contributed by atoms with Gasteiger partial charge in [-0.05, 0) is 29.2 Å². The van der Waals surface area contributed by atoms with E-state index >= 15 is 0 Å². The summed E-state index contributed by atoms with van der Waals surface area (Å²) in [5.74, 6) is 0. The highest BCUT2D eigenvalue weighted by Gasteiger charge is 2.27. The van der Waals surface area contributed by atoms with Crippen LogP contribution in [0, 0.1) is 0 Å². The molecular weight excluding hydrogens is 272 g/mol. The lowest BCUT2D eigenvalue weighted by atomic mass is 10.1. The predicted octanol–water partition coefficient (Wildman–Crippen LogP) is 3.34. The molecule has 2 rings (SSSR count). The Hall–Kier alpha value is -1.38. The molecule has 21 heavy (non-hydrogen) atoms. The van der Waals surface area contributed by atoms with E-state index in [1.165, 1.54) is 35.2 Å². The van der Waals surface area contributed by atoms with Gasteiger partial charge in [-0.3, -0.25) is 0 Å². The summed E-state index contributed by atoms with van der Waals surface area (Å²) in [4.78, 5) is 0. The Morgan fingerprint density at radius 2 is 1.62 bits per heavy atom. The molecule has 0 aliphatic heterocycles. The van der Waals surface area contributed by atoms with E-state index in [9.17, 15) is 5.11 Å². The fourth-order valence-electron chi connectivity index (χ4n) is 2.89. The fourth-order valence-corrected chi connectivity index (χ4v) is 5.68. The summed E-state index contributed by atoms with van der Waals surface area (Å²) in [5, 5.41) is 12.4. The first kappa shape index (κ1) is 16.0. The van der Waals surface area contributed by atoms with Gasteiger partial charge in [0, 0.05) is 0 Å². The molecule has 0 aromatic heterocycles. The van der Waals surface area contributed by atoms with Crippen molar-refractivity contribution < 1.29 is 5.11 Å². The van der Waals surface area contributed by atoms with Gasteiger partial charge in [0.15, 0.2) is 0 Å². The number of rotatable bonds is 6. The molecule has 0 fully saturated rings. The summed E-state index contributed by atoms with van der Waals surface area (Å²) < 4.78 is 0. The molecule has 1 nitrogen and oxygen atoms in total. The zero-order valence-corrected chi connectivity index (χ0v) is 14.4. The van der Waals surface area contributed by atoms with Crippen LogP contribution in [0.2, 0.25) is 13.1 Å². The summed E-state index contributed by atoms with van der Waals surface area (Å²) in [7, 11) is -1.74. The van der Waals surface area contributed by atoms with Crippen molar-refractivity contribution >= 4 is 18.4 Å². The Morgan fingerprint density at radius 1 is 0.952 bits per heavy atom. The highest BCUT2D eigenvalue weighted by molar-refractivity contribution is 7.00. The van der Waals surface area contributed by atoms with Crippen LogP contribution in [-0.4, -0.2) is 13.2 Å². The minimum absolute atomic E-state index is 0.126. The molecule has 2 aromatic rings. The van der Waals surface area contributed by atoms with Crippen molar-refractivity contribution in [2.45, 2.75) is 45.9 Å². The second kappa shape index (κ2) is 7.06. The van der Waals surface area contributed by atoms with Crippen LogP contribution in [0.3, 0.4) is 0 Å². The highest BCUT2D eigenvalue weighted by Crippen LogP contribution is 2.11. The third kappa shape index (κ3) is 3.63. The molecule has 0 saturated heterocycles. The molecule has 0 amide bonds. The molecule has 0 unspecified atom stereocenters. The first-order valence-corrected chi connectivity index (χ1v) is 10.9. The molecule has 0 spiro atoms. The number of benzene rings is 2. The molecule has 0 heterocycles. The molecular formula is C19H26OSi. The number of aryl methyl sites for hydroxylation is 1. The standard InChI is InChI=1S/C19H26OSi/c1-4-5-8-16-11-13-18(14-12-16)21(2,3)19-10-7-6-9-17(19)15-20/h6-7,9-14,20H,4-5,8,15H2,1-3H3. The van der Waals surface area contributed by atoms with Gasteiger partial charge in [0.1, 0.15) is 8.07 Å². The van der Waals surface area contributed by atoms with E-state index in [0.717, 1.165) is 5.56 Å². The third-order valence-electron chi connectivity index (χ3n) is 4.36. The smallest absolute Gasteiger partial charge is 0.112 e. The van der Waals surface area contributed by atoms with Gasteiger partial charge in [-0.15, -0.1) is 0 Å². The largest absolute Gasteiger partial charge is 0.392 e. The van der Waals surface area contributed by atoms with E-state index in [-0.39, 0.29) is 6.61 Å². The van der Waals surface area contributed by atoms with Crippen LogP contribution in [-0.2, 0) is 13.0 Å². The molecule has 2 aromatic carbocycles. The Bertz CT molecular complexity index is 572. The fraction of sp³-hybridized carbons (Fsp3) is 0.368. The molecule has 0 aliphatic rings. The van der Waals surface area contributed by atoms with Gasteiger partial charge in [-0.25, -0.2) is 0 Å². The van der Waals surface area contributed by atoms with Gasteiger partial charge in [-0.1, -0.05) is 80.2 Å². The van der Waals surface area contributed by atoms with Gasteiger partial charge < -0.3 is 5.11 Å². The number of aliphatic hydroxyl groups excluding tert-OH is 1. The van der Waals surface area contributed by atoms with Gasteiger partial charge in [0.05, 0.1) is 6.61 Å². The normalized spacial score (nSPS) is 11.6. The molecule has 0 bridgehead atoms. The monoisotopic (exact) mass is 298 g/mol. The van der Waals surface area contributed by atoms with Crippen molar-refractivity contribution in [3.8, 4) is 0 Å². The average molecular weight is 299 g/mol. The van der Waals surface area contributed by atoms with E-state index in [1.54, 1.807) is 0 Å². The zero-order chi connectivity index (χ0) is 15.3. The number of unbranched alkanes of at least 4 members (excludes halogenated alkanes) is 1. The van der Waals surface area contributed by atoms with E-state index in [2.05, 4.69) is 56.4 Å². The number of hydrogen-bond donors (Lipinski definition) is 1. The van der Waals surface area contributed by atoms with Gasteiger partial charge >= 0.3 is 0 Å². The lowest BCUT2D eigenvalue weighted by molar-refractivity contribution is 0.283. The van der Waals surface area contributed by atoms with Gasteiger partial charge in [0.2, 0.25) is 0 Å². The van der Waals surface area contributed by atoms with Crippen LogP contribution in [0.4, 0.5) is 0 Å². The first-order chi connectivity index (χ1) is 10.1. The Labute approximate surface area is 129 Å². The topological polar surface area (TPSA) is 20.2 Å². The van der Waals surface area contributed by atoms with E-state index in [4.69, 9.17) is 0 Å². The van der Waals surface area contributed by atoms with Crippen molar-refractivity contribution in [3.05, 3.63) is 59.7 Å². The molecule has 112 valence electrons. The molecule has 0 saturated carbocycles. The maximum absolute atomic E-state index is 9.59. The minimum atomic E-state index is -1.74. The summed E-state index contributed by atoms with van der Waals surface area (Å²) in [6.07, 6.45) is 3.67. The van der Waals surface area contributed by atoms with Crippen molar-refractivity contribution in [3.63, 3.8) is 0 Å². The summed E-state index contributed by atoms with van der Waals surface area (Å²) in [6, 6.07) is 17.5. The van der Waals surface area contributed by atoms with Crippen LogP contribution in [0.25, 0.3) is 0 Å². The average Bonchev–Trinajstić information content (AvgIpc) is 2.53. The second-order valence-corrected chi connectivity index (χ2v) is 10.6. The minimum Gasteiger partial charge on any atom is -0.392 e. The van der Waals surface area contributed by atoms with Crippen LogP contribution in [0.5, 0.6) is 0 Å². The Kier molecular flexibility index (Phi) is 5.37. The van der Waals surface area contributed by atoms with Gasteiger partial charge in [-0.2, -0.15) is 0 Å². The van der Waals surface area contributed by atoms with E-state index in [0.29, 0.717) is 0 Å². The quantitative estimate of drug-likeness (QED) is 0.811.